The van der Waals surface area contributed by atoms with E-state index in [0.29, 0.717) is 5.75 Å². The Bertz CT molecular complexity index is 583. The maximum absolute atomic E-state index is 10.6. The summed E-state index contributed by atoms with van der Waals surface area (Å²) in [4.78, 5) is 10.6. The summed E-state index contributed by atoms with van der Waals surface area (Å²) >= 11 is 0. The van der Waals surface area contributed by atoms with Gasteiger partial charge in [0, 0.05) is 0 Å². The van der Waals surface area contributed by atoms with Crippen molar-refractivity contribution in [2.24, 2.45) is 0 Å². The van der Waals surface area contributed by atoms with Crippen molar-refractivity contribution in [3.63, 3.8) is 0 Å². The highest BCUT2D eigenvalue weighted by Crippen LogP contribution is 2.22. The van der Waals surface area contributed by atoms with Gasteiger partial charge in [0.15, 0.2) is 0 Å². The van der Waals surface area contributed by atoms with Crippen LogP contribution in [-0.4, -0.2) is 11.1 Å². The van der Waals surface area contributed by atoms with Gasteiger partial charge in [-0.05, 0) is 30.2 Å². The molecule has 0 aliphatic carbocycles. The van der Waals surface area contributed by atoms with Gasteiger partial charge in [0.25, 0.3) is 0 Å². The Kier molecular flexibility index (Phi) is 3.98. The number of benzene rings is 2. The molecule has 2 rings (SSSR count). The van der Waals surface area contributed by atoms with E-state index in [9.17, 15) is 4.79 Å². The van der Waals surface area contributed by atoms with Gasteiger partial charge < -0.3 is 9.84 Å². The second-order valence-electron chi connectivity index (χ2n) is 4.11. The van der Waals surface area contributed by atoms with E-state index in [1.807, 2.05) is 54.6 Å². The Hall–Kier alpha value is -2.55. The molecule has 3 nitrogen and oxygen atoms in total. The maximum atomic E-state index is 10.6. The molecular weight excluding hydrogens is 240 g/mol. The number of hydrogen-bond acceptors (Lipinski definition) is 2. The monoisotopic (exact) mass is 254 g/mol. The SMILES string of the molecule is C/C(=C\Oc1ccc(-c2ccccc2)cc1)C(=O)O. The average molecular weight is 254 g/mol. The van der Waals surface area contributed by atoms with Crippen LogP contribution in [-0.2, 0) is 4.79 Å². The molecule has 0 aliphatic heterocycles. The quantitative estimate of drug-likeness (QED) is 0.668. The first-order valence-corrected chi connectivity index (χ1v) is 5.89. The van der Waals surface area contributed by atoms with Crippen LogP contribution in [0.3, 0.4) is 0 Å². The first-order valence-electron chi connectivity index (χ1n) is 5.89. The van der Waals surface area contributed by atoms with Gasteiger partial charge in [0.1, 0.15) is 12.0 Å². The van der Waals surface area contributed by atoms with Gasteiger partial charge in [-0.1, -0.05) is 42.5 Å². The number of aliphatic carboxylic acids is 1. The van der Waals surface area contributed by atoms with Crippen molar-refractivity contribution in [1.82, 2.24) is 0 Å². The van der Waals surface area contributed by atoms with Crippen molar-refractivity contribution in [2.45, 2.75) is 6.92 Å². The standard InChI is InChI=1S/C16H14O3/c1-12(16(17)18)11-19-15-9-7-14(8-10-15)13-5-3-2-4-6-13/h2-11H,1H3,(H,17,18)/b12-11+. The van der Waals surface area contributed by atoms with Crippen LogP contribution < -0.4 is 4.74 Å². The third-order valence-electron chi connectivity index (χ3n) is 2.67. The molecule has 0 amide bonds. The summed E-state index contributed by atoms with van der Waals surface area (Å²) in [6, 6.07) is 17.5. The minimum atomic E-state index is -0.985. The zero-order valence-corrected chi connectivity index (χ0v) is 10.5. The molecule has 0 bridgehead atoms. The van der Waals surface area contributed by atoms with Crippen LogP contribution in [0.1, 0.15) is 6.92 Å². The topological polar surface area (TPSA) is 46.5 Å². The van der Waals surface area contributed by atoms with Crippen molar-refractivity contribution in [3.05, 3.63) is 66.4 Å². The highest BCUT2D eigenvalue weighted by Gasteiger charge is 2.01. The molecule has 2 aromatic carbocycles. The van der Waals surface area contributed by atoms with Crippen molar-refractivity contribution in [3.8, 4) is 16.9 Å². The Morgan fingerprint density at radius 1 is 1.00 bits per heavy atom. The zero-order chi connectivity index (χ0) is 13.7. The molecule has 0 saturated heterocycles. The predicted octanol–water partition coefficient (Wildman–Crippen LogP) is 3.72. The largest absolute Gasteiger partial charge is 0.478 e. The Morgan fingerprint density at radius 2 is 1.58 bits per heavy atom. The minimum Gasteiger partial charge on any atom is -0.478 e. The highest BCUT2D eigenvalue weighted by atomic mass is 16.5. The Balaban J connectivity index is 2.11. The molecule has 96 valence electrons. The fraction of sp³-hybridized carbons (Fsp3) is 0.0625. The molecule has 0 radical (unpaired) electrons. The number of carboxylic acids is 1. The molecule has 0 fully saturated rings. The van der Waals surface area contributed by atoms with Crippen LogP contribution in [0.5, 0.6) is 5.75 Å². The van der Waals surface area contributed by atoms with Gasteiger partial charge in [-0.15, -0.1) is 0 Å². The maximum Gasteiger partial charge on any atom is 0.334 e. The molecule has 0 unspecified atom stereocenters. The average Bonchev–Trinajstić information content (AvgIpc) is 2.46. The smallest absolute Gasteiger partial charge is 0.334 e. The van der Waals surface area contributed by atoms with E-state index in [0.717, 1.165) is 11.1 Å². The predicted molar refractivity (Wildman–Crippen MR) is 73.9 cm³/mol. The second kappa shape index (κ2) is 5.87. The first-order chi connectivity index (χ1) is 9.16. The van der Waals surface area contributed by atoms with Gasteiger partial charge in [-0.3, -0.25) is 0 Å². The molecule has 0 heterocycles. The van der Waals surface area contributed by atoms with Crippen molar-refractivity contribution < 1.29 is 14.6 Å². The molecule has 19 heavy (non-hydrogen) atoms. The molecule has 2 aromatic rings. The van der Waals surface area contributed by atoms with Crippen molar-refractivity contribution in [1.29, 1.82) is 0 Å². The summed E-state index contributed by atoms with van der Waals surface area (Å²) in [6.45, 7) is 1.49. The van der Waals surface area contributed by atoms with E-state index < -0.39 is 5.97 Å². The Morgan fingerprint density at radius 3 is 2.16 bits per heavy atom. The Labute approximate surface area is 111 Å². The van der Waals surface area contributed by atoms with Crippen molar-refractivity contribution >= 4 is 5.97 Å². The third-order valence-corrected chi connectivity index (χ3v) is 2.67. The zero-order valence-electron chi connectivity index (χ0n) is 10.5. The summed E-state index contributed by atoms with van der Waals surface area (Å²) in [5, 5.41) is 8.70. The van der Waals surface area contributed by atoms with Crippen LogP contribution >= 0.6 is 0 Å². The summed E-state index contributed by atoms with van der Waals surface area (Å²) in [7, 11) is 0. The number of carbonyl (C=O) groups is 1. The molecule has 0 aliphatic rings. The van der Waals surface area contributed by atoms with E-state index in [-0.39, 0.29) is 5.57 Å². The first kappa shape index (κ1) is 12.9. The van der Waals surface area contributed by atoms with Crippen molar-refractivity contribution in [2.75, 3.05) is 0 Å². The van der Waals surface area contributed by atoms with Crippen LogP contribution in [0, 0.1) is 0 Å². The number of hydrogen-bond donors (Lipinski definition) is 1. The molecule has 1 N–H and O–H groups in total. The van der Waals surface area contributed by atoms with Crippen LogP contribution in [0.2, 0.25) is 0 Å². The van der Waals surface area contributed by atoms with E-state index in [1.54, 1.807) is 0 Å². The fourth-order valence-corrected chi connectivity index (χ4v) is 1.56. The summed E-state index contributed by atoms with van der Waals surface area (Å²) in [6.07, 6.45) is 1.24. The normalized spacial score (nSPS) is 11.1. The van der Waals surface area contributed by atoms with Crippen LogP contribution in [0.25, 0.3) is 11.1 Å². The lowest BCUT2D eigenvalue weighted by molar-refractivity contribution is -0.132. The molecule has 0 aromatic heterocycles. The van der Waals surface area contributed by atoms with Crippen LogP contribution in [0.4, 0.5) is 0 Å². The fourth-order valence-electron chi connectivity index (χ4n) is 1.56. The van der Waals surface area contributed by atoms with Gasteiger partial charge >= 0.3 is 5.97 Å². The second-order valence-corrected chi connectivity index (χ2v) is 4.11. The third kappa shape index (κ3) is 3.45. The molecule has 0 saturated carbocycles. The molecular formula is C16H14O3. The minimum absolute atomic E-state index is 0.159. The van der Waals surface area contributed by atoms with Gasteiger partial charge in [-0.25, -0.2) is 4.79 Å². The van der Waals surface area contributed by atoms with Gasteiger partial charge in [-0.2, -0.15) is 0 Å². The van der Waals surface area contributed by atoms with E-state index >= 15 is 0 Å². The van der Waals surface area contributed by atoms with Gasteiger partial charge in [0.2, 0.25) is 0 Å². The summed E-state index contributed by atoms with van der Waals surface area (Å²) in [5.41, 5.74) is 2.38. The highest BCUT2D eigenvalue weighted by molar-refractivity contribution is 5.85. The van der Waals surface area contributed by atoms with E-state index in [4.69, 9.17) is 9.84 Å². The summed E-state index contributed by atoms with van der Waals surface area (Å²) < 4.78 is 5.28. The molecule has 0 atom stereocenters. The van der Waals surface area contributed by atoms with E-state index in [2.05, 4.69) is 0 Å². The van der Waals surface area contributed by atoms with Gasteiger partial charge in [0.05, 0.1) is 5.57 Å². The molecule has 3 heteroatoms. The number of ether oxygens (including phenoxy) is 1. The number of rotatable bonds is 4. The van der Waals surface area contributed by atoms with E-state index in [1.165, 1.54) is 13.2 Å². The lowest BCUT2D eigenvalue weighted by Gasteiger charge is -2.04. The lowest BCUT2D eigenvalue weighted by atomic mass is 10.1. The number of carboxylic acid groups (broad SMARTS) is 1. The van der Waals surface area contributed by atoms with Crippen LogP contribution in [0.15, 0.2) is 66.4 Å². The summed E-state index contributed by atoms with van der Waals surface area (Å²) in [5.74, 6) is -0.374. The molecule has 0 spiro atoms. The lowest BCUT2D eigenvalue weighted by Crippen LogP contribution is -1.98.